The van der Waals surface area contributed by atoms with Crippen molar-refractivity contribution in [2.75, 3.05) is 6.54 Å². The zero-order valence-electron chi connectivity index (χ0n) is 13.7. The number of hydrogen-bond donors (Lipinski definition) is 0. The molecule has 0 aliphatic rings. The lowest BCUT2D eigenvalue weighted by Crippen LogP contribution is -2.31. The summed E-state index contributed by atoms with van der Waals surface area (Å²) < 4.78 is 32.2. The SMILES string of the molecule is C=CCN(Cc1nc(-c2ccccc2)no1)S(=O)(=O)c1ccc(Cl)cc1. The summed E-state index contributed by atoms with van der Waals surface area (Å²) >= 11 is 5.84. The van der Waals surface area contributed by atoms with Gasteiger partial charge >= 0.3 is 0 Å². The van der Waals surface area contributed by atoms with Crippen LogP contribution in [0.2, 0.25) is 5.02 Å². The number of aromatic nitrogens is 2. The van der Waals surface area contributed by atoms with Crippen LogP contribution in [0.3, 0.4) is 0 Å². The van der Waals surface area contributed by atoms with Gasteiger partial charge in [-0.3, -0.25) is 0 Å². The summed E-state index contributed by atoms with van der Waals surface area (Å²) in [5.74, 6) is 0.603. The molecule has 0 saturated carbocycles. The van der Waals surface area contributed by atoms with Crippen molar-refractivity contribution in [1.29, 1.82) is 0 Å². The molecule has 26 heavy (non-hydrogen) atoms. The first-order valence-electron chi connectivity index (χ1n) is 7.75. The molecule has 0 atom stereocenters. The van der Waals surface area contributed by atoms with Crippen molar-refractivity contribution >= 4 is 21.6 Å². The van der Waals surface area contributed by atoms with Gasteiger partial charge < -0.3 is 4.52 Å². The number of halogens is 1. The molecule has 0 saturated heterocycles. The smallest absolute Gasteiger partial charge is 0.243 e. The van der Waals surface area contributed by atoms with Gasteiger partial charge in [0.05, 0.1) is 11.4 Å². The van der Waals surface area contributed by atoms with Crippen molar-refractivity contribution < 1.29 is 12.9 Å². The quantitative estimate of drug-likeness (QED) is 0.575. The van der Waals surface area contributed by atoms with Crippen molar-refractivity contribution in [3.63, 3.8) is 0 Å². The second-order valence-electron chi connectivity index (χ2n) is 5.42. The lowest BCUT2D eigenvalue weighted by atomic mass is 10.2. The molecule has 3 aromatic rings. The Bertz CT molecular complexity index is 986. The van der Waals surface area contributed by atoms with E-state index in [-0.39, 0.29) is 23.9 Å². The van der Waals surface area contributed by atoms with E-state index in [2.05, 4.69) is 16.7 Å². The fraction of sp³-hybridized carbons (Fsp3) is 0.111. The molecular formula is C18H16ClN3O3S. The normalized spacial score (nSPS) is 11.6. The van der Waals surface area contributed by atoms with E-state index in [0.717, 1.165) is 5.56 Å². The summed E-state index contributed by atoms with van der Waals surface area (Å²) in [6, 6.07) is 15.3. The fourth-order valence-corrected chi connectivity index (χ4v) is 3.81. The van der Waals surface area contributed by atoms with Crippen molar-refractivity contribution in [3.8, 4) is 11.4 Å². The third kappa shape index (κ3) is 4.01. The molecule has 6 nitrogen and oxygen atoms in total. The molecule has 0 unspecified atom stereocenters. The Hall–Kier alpha value is -2.48. The van der Waals surface area contributed by atoms with E-state index in [9.17, 15) is 8.42 Å². The molecule has 134 valence electrons. The molecule has 0 bridgehead atoms. The van der Waals surface area contributed by atoms with Crippen LogP contribution in [0.25, 0.3) is 11.4 Å². The lowest BCUT2D eigenvalue weighted by molar-refractivity contribution is 0.327. The van der Waals surface area contributed by atoms with Gasteiger partial charge in [-0.05, 0) is 24.3 Å². The first-order valence-corrected chi connectivity index (χ1v) is 9.57. The van der Waals surface area contributed by atoms with Crippen LogP contribution in [0.5, 0.6) is 0 Å². The fourth-order valence-electron chi connectivity index (χ4n) is 2.32. The molecule has 8 heteroatoms. The van der Waals surface area contributed by atoms with Gasteiger partial charge in [0.2, 0.25) is 21.7 Å². The summed E-state index contributed by atoms with van der Waals surface area (Å²) in [7, 11) is -3.76. The van der Waals surface area contributed by atoms with Crippen molar-refractivity contribution in [2.45, 2.75) is 11.4 Å². The first-order chi connectivity index (χ1) is 12.5. The molecule has 3 rings (SSSR count). The van der Waals surface area contributed by atoms with E-state index in [1.54, 1.807) is 0 Å². The van der Waals surface area contributed by atoms with E-state index in [0.29, 0.717) is 10.8 Å². The highest BCUT2D eigenvalue weighted by Crippen LogP contribution is 2.21. The minimum atomic E-state index is -3.76. The Kier molecular flexibility index (Phi) is 5.51. The zero-order valence-corrected chi connectivity index (χ0v) is 15.3. The van der Waals surface area contributed by atoms with Crippen LogP contribution < -0.4 is 0 Å². The highest BCUT2D eigenvalue weighted by molar-refractivity contribution is 7.89. The van der Waals surface area contributed by atoms with E-state index in [1.807, 2.05) is 30.3 Å². The molecule has 0 spiro atoms. The van der Waals surface area contributed by atoms with Crippen LogP contribution in [-0.4, -0.2) is 29.4 Å². The molecule has 1 aromatic heterocycles. The maximum Gasteiger partial charge on any atom is 0.243 e. The average Bonchev–Trinajstić information content (AvgIpc) is 3.11. The van der Waals surface area contributed by atoms with E-state index >= 15 is 0 Å². The van der Waals surface area contributed by atoms with Crippen molar-refractivity contribution in [2.24, 2.45) is 0 Å². The highest BCUT2D eigenvalue weighted by atomic mass is 35.5. The lowest BCUT2D eigenvalue weighted by Gasteiger charge is -2.18. The van der Waals surface area contributed by atoms with E-state index in [1.165, 1.54) is 34.6 Å². The second kappa shape index (κ2) is 7.82. The summed E-state index contributed by atoms with van der Waals surface area (Å²) in [5, 5.41) is 4.38. The zero-order chi connectivity index (χ0) is 18.6. The minimum absolute atomic E-state index is 0.0587. The third-order valence-electron chi connectivity index (χ3n) is 3.60. The molecule has 2 aromatic carbocycles. The van der Waals surface area contributed by atoms with Crippen LogP contribution in [0.15, 0.2) is 76.7 Å². The minimum Gasteiger partial charge on any atom is -0.338 e. The first kappa shape index (κ1) is 18.3. The van der Waals surface area contributed by atoms with Gasteiger partial charge in [0.15, 0.2) is 0 Å². The largest absolute Gasteiger partial charge is 0.338 e. The van der Waals surface area contributed by atoms with Gasteiger partial charge in [-0.15, -0.1) is 6.58 Å². The monoisotopic (exact) mass is 389 g/mol. The molecule has 0 N–H and O–H groups in total. The Balaban J connectivity index is 1.86. The van der Waals surface area contributed by atoms with E-state index < -0.39 is 10.0 Å². The van der Waals surface area contributed by atoms with Crippen molar-refractivity contribution in [1.82, 2.24) is 14.4 Å². The Morgan fingerprint density at radius 3 is 2.46 bits per heavy atom. The Morgan fingerprint density at radius 1 is 1.12 bits per heavy atom. The van der Waals surface area contributed by atoms with Crippen molar-refractivity contribution in [3.05, 3.63) is 78.2 Å². The molecule has 0 radical (unpaired) electrons. The number of benzene rings is 2. The van der Waals surface area contributed by atoms with Gasteiger partial charge in [-0.25, -0.2) is 8.42 Å². The van der Waals surface area contributed by atoms with Crippen LogP contribution in [0.1, 0.15) is 5.89 Å². The average molecular weight is 390 g/mol. The van der Waals surface area contributed by atoms with Crippen LogP contribution >= 0.6 is 11.6 Å². The van der Waals surface area contributed by atoms with Crippen LogP contribution in [-0.2, 0) is 16.6 Å². The highest BCUT2D eigenvalue weighted by Gasteiger charge is 2.26. The second-order valence-corrected chi connectivity index (χ2v) is 7.79. The summed E-state index contributed by atoms with van der Waals surface area (Å²) in [6.45, 7) is 3.67. The van der Waals surface area contributed by atoms with Gasteiger partial charge in [-0.2, -0.15) is 9.29 Å². The predicted octanol–water partition coefficient (Wildman–Crippen LogP) is 3.77. The molecule has 1 heterocycles. The third-order valence-corrected chi connectivity index (χ3v) is 5.67. The Morgan fingerprint density at radius 2 is 1.81 bits per heavy atom. The molecule has 0 fully saturated rings. The number of rotatable bonds is 7. The summed E-state index contributed by atoms with van der Waals surface area (Å²) in [5.41, 5.74) is 0.790. The van der Waals surface area contributed by atoms with Gasteiger partial charge in [0.25, 0.3) is 0 Å². The number of nitrogens with zero attached hydrogens (tertiary/aromatic N) is 3. The molecule has 0 aliphatic carbocycles. The maximum absolute atomic E-state index is 12.9. The van der Waals surface area contributed by atoms with Gasteiger partial charge in [0, 0.05) is 17.1 Å². The molecule has 0 aliphatic heterocycles. The molecular weight excluding hydrogens is 374 g/mol. The molecule has 0 amide bonds. The van der Waals surface area contributed by atoms with Crippen LogP contribution in [0, 0.1) is 0 Å². The summed E-state index contributed by atoms with van der Waals surface area (Å²) in [6.07, 6.45) is 1.50. The van der Waals surface area contributed by atoms with Crippen LogP contribution in [0.4, 0.5) is 0 Å². The number of hydrogen-bond acceptors (Lipinski definition) is 5. The predicted molar refractivity (Wildman–Crippen MR) is 99.0 cm³/mol. The van der Waals surface area contributed by atoms with E-state index in [4.69, 9.17) is 16.1 Å². The number of sulfonamides is 1. The van der Waals surface area contributed by atoms with Gasteiger partial charge in [-0.1, -0.05) is 53.2 Å². The van der Waals surface area contributed by atoms with Gasteiger partial charge in [0.1, 0.15) is 0 Å². The topological polar surface area (TPSA) is 76.3 Å². The summed E-state index contributed by atoms with van der Waals surface area (Å²) in [4.78, 5) is 4.42. The Labute approximate surface area is 156 Å². The maximum atomic E-state index is 12.9. The standard InChI is InChI=1S/C18H16ClN3O3S/c1-2-12-22(26(23,24)16-10-8-15(19)9-11-16)13-17-20-18(21-25-17)14-6-4-3-5-7-14/h2-11H,1,12-13H2.